The first-order valence-electron chi connectivity index (χ1n) is 10.7. The fourth-order valence-corrected chi connectivity index (χ4v) is 4.77. The Morgan fingerprint density at radius 1 is 1.06 bits per heavy atom. The minimum atomic E-state index is -5.08. The second kappa shape index (κ2) is 11.1. The summed E-state index contributed by atoms with van der Waals surface area (Å²) in [7, 11) is 0. The van der Waals surface area contributed by atoms with Gasteiger partial charge >= 0.3 is 18.1 Å². The average molecular weight is 545 g/mol. The molecule has 0 unspecified atom stereocenters. The van der Waals surface area contributed by atoms with Crippen LogP contribution >= 0.6 is 23.2 Å². The summed E-state index contributed by atoms with van der Waals surface area (Å²) in [6, 6.07) is 15.5. The van der Waals surface area contributed by atoms with Crippen molar-refractivity contribution < 1.29 is 33.0 Å². The van der Waals surface area contributed by atoms with Gasteiger partial charge < -0.3 is 10.2 Å². The maximum absolute atomic E-state index is 12.2. The van der Waals surface area contributed by atoms with Gasteiger partial charge in [-0.2, -0.15) is 18.4 Å². The number of rotatable bonds is 4. The Bertz CT molecular complexity index is 1140. The van der Waals surface area contributed by atoms with E-state index in [-0.39, 0.29) is 5.41 Å². The average Bonchev–Trinajstić information content (AvgIpc) is 3.07. The lowest BCUT2D eigenvalue weighted by Gasteiger charge is -2.37. The van der Waals surface area contributed by atoms with Crippen LogP contribution < -0.4 is 5.32 Å². The molecule has 1 heterocycles. The number of nitrogens with one attached hydrogen (secondary N) is 1. The normalized spacial score (nSPS) is 23.8. The molecule has 194 valence electrons. The molecule has 1 aliphatic heterocycles. The van der Waals surface area contributed by atoms with Crippen molar-refractivity contribution in [3.8, 4) is 6.07 Å². The van der Waals surface area contributed by atoms with E-state index in [1.165, 1.54) is 0 Å². The molecule has 2 aromatic carbocycles. The van der Waals surface area contributed by atoms with E-state index in [0.29, 0.717) is 16.5 Å². The topological polar surface area (TPSA) is 110 Å². The maximum Gasteiger partial charge on any atom is 0.490 e. The highest BCUT2D eigenvalue weighted by atomic mass is 35.5. The van der Waals surface area contributed by atoms with Crippen molar-refractivity contribution >= 4 is 35.1 Å². The van der Waals surface area contributed by atoms with Gasteiger partial charge in [-0.05, 0) is 47.2 Å². The largest absolute Gasteiger partial charge is 0.490 e. The molecule has 1 aliphatic rings. The van der Waals surface area contributed by atoms with Crippen LogP contribution in [0.3, 0.4) is 0 Å². The molecular weight excluding hydrogens is 520 g/mol. The molecule has 0 bridgehead atoms. The quantitative estimate of drug-likeness (QED) is 0.420. The fourth-order valence-electron chi connectivity index (χ4n) is 4.45. The number of hydrogen-bond acceptors (Lipinski definition) is 4. The highest BCUT2D eigenvalue weighted by Gasteiger charge is 2.59. The van der Waals surface area contributed by atoms with Crippen molar-refractivity contribution in [2.75, 3.05) is 0 Å². The Hall–Kier alpha value is -2.80. The zero-order valence-electron chi connectivity index (χ0n) is 19.6. The molecule has 11 heteroatoms. The van der Waals surface area contributed by atoms with E-state index in [0.717, 1.165) is 11.1 Å². The molecule has 36 heavy (non-hydrogen) atoms. The molecule has 0 aliphatic carbocycles. The standard InChI is InChI=1S/C23H24Cl2N2O2.C2HF3O2/c1-22(2,3)12-18-19(21(28)29)27-20(14-5-4-6-17(25)11-14)23(18,13-26)15-7-9-16(24)10-8-15;3-2(4,5)1(6)7/h4-11,18-20,27H,12H2,1-3H3,(H,28,29);(H,6,7)/t18-,19+,20-,23+;/m0./s1. The summed E-state index contributed by atoms with van der Waals surface area (Å²) in [5, 5.41) is 32.0. The van der Waals surface area contributed by atoms with Gasteiger partial charge in [-0.25, -0.2) is 4.79 Å². The summed E-state index contributed by atoms with van der Waals surface area (Å²) in [4.78, 5) is 21.1. The third-order valence-corrected chi connectivity index (χ3v) is 6.31. The molecule has 0 radical (unpaired) electrons. The zero-order chi connectivity index (χ0) is 27.5. The van der Waals surface area contributed by atoms with Crippen LogP contribution in [0.4, 0.5) is 13.2 Å². The fraction of sp³-hybridized carbons (Fsp3) is 0.400. The SMILES string of the molecule is CC(C)(C)C[C@H]1[C@H](C(=O)O)N[C@@H](c2cccc(Cl)c2)[C@]1(C#N)c1ccc(Cl)cc1.O=C(O)C(F)(F)F. The molecule has 4 atom stereocenters. The number of nitrogens with zero attached hydrogens (tertiary/aromatic N) is 1. The van der Waals surface area contributed by atoms with Crippen molar-refractivity contribution in [1.82, 2.24) is 5.32 Å². The number of hydrogen-bond donors (Lipinski definition) is 3. The van der Waals surface area contributed by atoms with E-state index in [9.17, 15) is 28.3 Å². The van der Waals surface area contributed by atoms with Crippen LogP contribution in [-0.2, 0) is 15.0 Å². The highest BCUT2D eigenvalue weighted by Crippen LogP contribution is 2.53. The van der Waals surface area contributed by atoms with Gasteiger partial charge in [0.25, 0.3) is 0 Å². The van der Waals surface area contributed by atoms with E-state index >= 15 is 0 Å². The summed E-state index contributed by atoms with van der Waals surface area (Å²) < 4.78 is 31.7. The molecule has 1 fully saturated rings. The van der Waals surface area contributed by atoms with Crippen molar-refractivity contribution in [1.29, 1.82) is 5.26 Å². The number of alkyl halides is 3. The van der Waals surface area contributed by atoms with Crippen molar-refractivity contribution in [3.63, 3.8) is 0 Å². The number of carboxylic acid groups (broad SMARTS) is 2. The van der Waals surface area contributed by atoms with Crippen LogP contribution in [0.15, 0.2) is 48.5 Å². The Labute approximate surface area is 216 Å². The van der Waals surface area contributed by atoms with Gasteiger partial charge in [-0.15, -0.1) is 0 Å². The van der Waals surface area contributed by atoms with Crippen LogP contribution in [0.1, 0.15) is 44.4 Å². The number of aliphatic carboxylic acids is 2. The minimum absolute atomic E-state index is 0.169. The molecule has 3 rings (SSSR count). The Morgan fingerprint density at radius 3 is 2.03 bits per heavy atom. The summed E-state index contributed by atoms with van der Waals surface area (Å²) in [5.74, 6) is -4.17. The molecular formula is C25H25Cl2F3N2O4. The van der Waals surface area contributed by atoms with E-state index in [2.05, 4.69) is 32.2 Å². The zero-order valence-corrected chi connectivity index (χ0v) is 21.1. The van der Waals surface area contributed by atoms with Crippen LogP contribution in [-0.4, -0.2) is 34.4 Å². The minimum Gasteiger partial charge on any atom is -0.480 e. The lowest BCUT2D eigenvalue weighted by Crippen LogP contribution is -2.41. The van der Waals surface area contributed by atoms with Crippen LogP contribution in [0.5, 0.6) is 0 Å². The van der Waals surface area contributed by atoms with Gasteiger partial charge in [0, 0.05) is 16.0 Å². The molecule has 6 nitrogen and oxygen atoms in total. The molecule has 0 spiro atoms. The number of halogens is 5. The summed E-state index contributed by atoms with van der Waals surface area (Å²) in [6.45, 7) is 6.17. The third-order valence-electron chi connectivity index (χ3n) is 5.82. The second-order valence-electron chi connectivity index (χ2n) is 9.63. The van der Waals surface area contributed by atoms with E-state index in [1.54, 1.807) is 24.3 Å². The first kappa shape index (κ1) is 29.4. The molecule has 1 saturated heterocycles. The van der Waals surface area contributed by atoms with Gasteiger partial charge in [0.15, 0.2) is 0 Å². The smallest absolute Gasteiger partial charge is 0.480 e. The summed E-state index contributed by atoms with van der Waals surface area (Å²) in [6.07, 6.45) is -4.52. The molecule has 3 N–H and O–H groups in total. The molecule has 2 aromatic rings. The second-order valence-corrected chi connectivity index (χ2v) is 10.5. The van der Waals surface area contributed by atoms with E-state index in [1.807, 2.05) is 24.3 Å². The maximum atomic E-state index is 12.2. The molecule has 0 amide bonds. The van der Waals surface area contributed by atoms with Crippen molar-refractivity contribution in [2.45, 2.75) is 50.9 Å². The Kier molecular flexibility index (Phi) is 9.05. The lowest BCUT2D eigenvalue weighted by molar-refractivity contribution is -0.192. The molecule has 0 saturated carbocycles. The summed E-state index contributed by atoms with van der Waals surface area (Å²) >= 11 is 12.3. The monoisotopic (exact) mass is 544 g/mol. The third kappa shape index (κ3) is 6.69. The van der Waals surface area contributed by atoms with Gasteiger partial charge in [-0.3, -0.25) is 10.1 Å². The van der Waals surface area contributed by atoms with Crippen LogP contribution in [0.2, 0.25) is 10.0 Å². The lowest BCUT2D eigenvalue weighted by atomic mass is 9.62. The molecule has 0 aromatic heterocycles. The number of nitriles is 1. The Balaban J connectivity index is 0.000000572. The first-order chi connectivity index (χ1) is 16.5. The Morgan fingerprint density at radius 2 is 1.61 bits per heavy atom. The van der Waals surface area contributed by atoms with Crippen LogP contribution in [0, 0.1) is 22.7 Å². The highest BCUT2D eigenvalue weighted by molar-refractivity contribution is 6.30. The predicted molar refractivity (Wildman–Crippen MR) is 129 cm³/mol. The van der Waals surface area contributed by atoms with E-state index in [4.69, 9.17) is 33.1 Å². The van der Waals surface area contributed by atoms with Crippen molar-refractivity contribution in [3.05, 3.63) is 69.7 Å². The van der Waals surface area contributed by atoms with Gasteiger partial charge in [0.1, 0.15) is 11.5 Å². The van der Waals surface area contributed by atoms with Crippen LogP contribution in [0.25, 0.3) is 0 Å². The van der Waals surface area contributed by atoms with Gasteiger partial charge in [0.05, 0.1) is 12.1 Å². The number of benzene rings is 2. The van der Waals surface area contributed by atoms with E-state index < -0.39 is 41.5 Å². The van der Waals surface area contributed by atoms with Gasteiger partial charge in [-0.1, -0.05) is 68.2 Å². The predicted octanol–water partition coefficient (Wildman–Crippen LogP) is 6.24. The van der Waals surface area contributed by atoms with Gasteiger partial charge in [0.2, 0.25) is 0 Å². The number of carbonyl (C=O) groups is 2. The van der Waals surface area contributed by atoms with Crippen molar-refractivity contribution in [2.24, 2.45) is 11.3 Å². The first-order valence-corrected chi connectivity index (χ1v) is 11.5. The number of carboxylic acids is 2. The summed E-state index contributed by atoms with van der Waals surface area (Å²) in [5.41, 5.74) is 0.278.